The summed E-state index contributed by atoms with van der Waals surface area (Å²) in [6.07, 6.45) is 2.52. The molecular formula is C19H22FNO4. The quantitative estimate of drug-likeness (QED) is 0.769. The Bertz CT molecular complexity index is 723. The zero-order chi connectivity index (χ0) is 18.2. The molecule has 2 aliphatic heterocycles. The van der Waals surface area contributed by atoms with Crippen LogP contribution in [0.2, 0.25) is 0 Å². The minimum Gasteiger partial charge on any atom is -0.444 e. The van der Waals surface area contributed by atoms with Gasteiger partial charge >= 0.3 is 6.09 Å². The number of carbonyl (C=O) groups excluding carboxylic acids is 2. The van der Waals surface area contributed by atoms with E-state index in [1.807, 2.05) is 26.8 Å². The zero-order valence-electron chi connectivity index (χ0n) is 14.6. The summed E-state index contributed by atoms with van der Waals surface area (Å²) in [4.78, 5) is 25.5. The van der Waals surface area contributed by atoms with Crippen LogP contribution in [-0.2, 0) is 9.47 Å². The smallest absolute Gasteiger partial charge is 0.411 e. The summed E-state index contributed by atoms with van der Waals surface area (Å²) in [5.41, 5.74) is 0.914. The topological polar surface area (TPSA) is 55.8 Å². The van der Waals surface area contributed by atoms with E-state index in [1.165, 1.54) is 6.07 Å². The molecule has 1 aromatic carbocycles. The van der Waals surface area contributed by atoms with Crippen LogP contribution in [0, 0.1) is 5.82 Å². The van der Waals surface area contributed by atoms with Gasteiger partial charge < -0.3 is 9.47 Å². The number of halogens is 1. The first-order chi connectivity index (χ1) is 11.8. The molecule has 6 heteroatoms. The Kier molecular flexibility index (Phi) is 4.64. The van der Waals surface area contributed by atoms with Crippen molar-refractivity contribution >= 4 is 18.0 Å². The highest BCUT2D eigenvalue weighted by molar-refractivity contribution is 5.87. The highest BCUT2D eigenvalue weighted by atomic mass is 19.1. The fraction of sp³-hybridized carbons (Fsp3) is 0.474. The first-order valence-corrected chi connectivity index (χ1v) is 8.34. The van der Waals surface area contributed by atoms with Gasteiger partial charge in [0.1, 0.15) is 11.4 Å². The molecule has 5 nitrogen and oxygen atoms in total. The third-order valence-electron chi connectivity index (χ3n) is 4.32. The standard InChI is InChI=1S/C19H22FNO4/c1-19(2,3)25-18(23)21-13-7-12(8-14(21)11-24-10-13)15-5-4-6-17(20)16(15)9-22/h4-7,9,13-14H,8,10-11H2,1-3H3. The van der Waals surface area contributed by atoms with Gasteiger partial charge in [0, 0.05) is 0 Å². The molecule has 1 aromatic rings. The molecule has 0 aliphatic carbocycles. The summed E-state index contributed by atoms with van der Waals surface area (Å²) in [6, 6.07) is 4.10. The second-order valence-corrected chi connectivity index (χ2v) is 7.36. The van der Waals surface area contributed by atoms with Crippen LogP contribution in [0.4, 0.5) is 9.18 Å². The van der Waals surface area contributed by atoms with Gasteiger partial charge in [-0.1, -0.05) is 18.2 Å². The molecule has 2 atom stereocenters. The summed E-state index contributed by atoms with van der Waals surface area (Å²) in [5.74, 6) is -0.538. The number of nitrogens with zero attached hydrogens (tertiary/aromatic N) is 1. The highest BCUT2D eigenvalue weighted by Crippen LogP contribution is 2.35. The normalized spacial score (nSPS) is 23.0. The molecule has 1 fully saturated rings. The van der Waals surface area contributed by atoms with E-state index in [4.69, 9.17) is 9.47 Å². The Hall–Kier alpha value is -2.21. The van der Waals surface area contributed by atoms with Crippen LogP contribution in [0.15, 0.2) is 24.3 Å². The lowest BCUT2D eigenvalue weighted by atomic mass is 9.88. The predicted octanol–water partition coefficient (Wildman–Crippen LogP) is 3.43. The van der Waals surface area contributed by atoms with E-state index < -0.39 is 11.4 Å². The van der Waals surface area contributed by atoms with Gasteiger partial charge in [-0.3, -0.25) is 9.69 Å². The minimum atomic E-state index is -0.580. The van der Waals surface area contributed by atoms with E-state index >= 15 is 0 Å². The van der Waals surface area contributed by atoms with Gasteiger partial charge in [-0.2, -0.15) is 0 Å². The van der Waals surface area contributed by atoms with Gasteiger partial charge in [0.15, 0.2) is 6.29 Å². The molecule has 1 saturated heterocycles. The van der Waals surface area contributed by atoms with Crippen molar-refractivity contribution in [2.24, 2.45) is 0 Å². The van der Waals surface area contributed by atoms with Crippen molar-refractivity contribution in [1.29, 1.82) is 0 Å². The Morgan fingerprint density at radius 3 is 2.76 bits per heavy atom. The molecule has 3 rings (SSSR count). The monoisotopic (exact) mass is 347 g/mol. The second kappa shape index (κ2) is 6.59. The maximum Gasteiger partial charge on any atom is 0.411 e. The summed E-state index contributed by atoms with van der Waals surface area (Å²) in [6.45, 7) is 6.21. The Balaban J connectivity index is 1.93. The number of fused-ring (bicyclic) bond motifs is 2. The molecule has 0 saturated carbocycles. The average Bonchev–Trinajstić information content (AvgIpc) is 2.51. The van der Waals surface area contributed by atoms with Crippen molar-refractivity contribution in [3.05, 3.63) is 41.2 Å². The number of morpholine rings is 1. The maximum atomic E-state index is 13.9. The molecule has 2 aliphatic rings. The third kappa shape index (κ3) is 3.58. The van der Waals surface area contributed by atoms with E-state index in [1.54, 1.807) is 17.0 Å². The van der Waals surface area contributed by atoms with E-state index in [-0.39, 0.29) is 23.7 Å². The molecule has 0 aromatic heterocycles. The van der Waals surface area contributed by atoms with E-state index in [0.29, 0.717) is 31.5 Å². The zero-order valence-corrected chi connectivity index (χ0v) is 14.6. The van der Waals surface area contributed by atoms with Crippen LogP contribution in [0.1, 0.15) is 43.1 Å². The van der Waals surface area contributed by atoms with Crippen LogP contribution < -0.4 is 0 Å². The molecule has 0 spiro atoms. The third-order valence-corrected chi connectivity index (χ3v) is 4.32. The molecular weight excluding hydrogens is 325 g/mol. The first-order valence-electron chi connectivity index (χ1n) is 8.34. The van der Waals surface area contributed by atoms with E-state index in [9.17, 15) is 14.0 Å². The highest BCUT2D eigenvalue weighted by Gasteiger charge is 2.40. The fourth-order valence-corrected chi connectivity index (χ4v) is 3.33. The minimum absolute atomic E-state index is 0.0541. The number of carbonyl (C=O) groups is 2. The largest absolute Gasteiger partial charge is 0.444 e. The molecule has 2 bridgehead atoms. The number of ether oxygens (including phenoxy) is 2. The summed E-state index contributed by atoms with van der Waals surface area (Å²) >= 11 is 0. The number of hydrogen-bond donors (Lipinski definition) is 0. The van der Waals surface area contributed by atoms with Crippen LogP contribution in [-0.4, -0.2) is 48.2 Å². The molecule has 25 heavy (non-hydrogen) atoms. The molecule has 1 amide bonds. The summed E-state index contributed by atoms with van der Waals surface area (Å²) in [5, 5.41) is 0. The van der Waals surface area contributed by atoms with Gasteiger partial charge in [0.25, 0.3) is 0 Å². The van der Waals surface area contributed by atoms with Crippen LogP contribution in [0.3, 0.4) is 0 Å². The molecule has 134 valence electrons. The van der Waals surface area contributed by atoms with Gasteiger partial charge in [0.05, 0.1) is 30.9 Å². The van der Waals surface area contributed by atoms with Crippen LogP contribution >= 0.6 is 0 Å². The van der Waals surface area contributed by atoms with Crippen molar-refractivity contribution in [2.75, 3.05) is 13.2 Å². The number of amides is 1. The fourth-order valence-electron chi connectivity index (χ4n) is 3.33. The molecule has 2 heterocycles. The molecule has 0 N–H and O–H groups in total. The van der Waals surface area contributed by atoms with Crippen LogP contribution in [0.25, 0.3) is 5.57 Å². The van der Waals surface area contributed by atoms with Gasteiger partial charge in [0.2, 0.25) is 0 Å². The molecule has 2 unspecified atom stereocenters. The maximum absolute atomic E-state index is 13.9. The van der Waals surface area contributed by atoms with Crippen molar-refractivity contribution in [1.82, 2.24) is 4.90 Å². The summed E-state index contributed by atoms with van der Waals surface area (Å²) < 4.78 is 25.0. The van der Waals surface area contributed by atoms with Crippen molar-refractivity contribution in [3.63, 3.8) is 0 Å². The lowest BCUT2D eigenvalue weighted by molar-refractivity contribution is -0.0510. The Morgan fingerprint density at radius 1 is 1.36 bits per heavy atom. The van der Waals surface area contributed by atoms with Gasteiger partial charge in [-0.15, -0.1) is 0 Å². The van der Waals surface area contributed by atoms with E-state index in [0.717, 1.165) is 5.57 Å². The van der Waals surface area contributed by atoms with Crippen LogP contribution in [0.5, 0.6) is 0 Å². The predicted molar refractivity (Wildman–Crippen MR) is 90.8 cm³/mol. The number of rotatable bonds is 2. The first kappa shape index (κ1) is 17.6. The Labute approximate surface area is 146 Å². The second-order valence-electron chi connectivity index (χ2n) is 7.36. The van der Waals surface area contributed by atoms with Crippen molar-refractivity contribution < 1.29 is 23.5 Å². The summed E-state index contributed by atoms with van der Waals surface area (Å²) in [7, 11) is 0. The van der Waals surface area contributed by atoms with Gasteiger partial charge in [-0.25, -0.2) is 9.18 Å². The molecule has 0 radical (unpaired) electrons. The van der Waals surface area contributed by atoms with Crippen molar-refractivity contribution in [3.8, 4) is 0 Å². The average molecular weight is 347 g/mol. The number of hydrogen-bond acceptors (Lipinski definition) is 4. The van der Waals surface area contributed by atoms with Gasteiger partial charge in [-0.05, 0) is 44.4 Å². The SMILES string of the molecule is CC(C)(C)OC(=O)N1C2C=C(c3cccc(F)c3C=O)CC1COC2. The van der Waals surface area contributed by atoms with E-state index in [2.05, 4.69) is 0 Å². The van der Waals surface area contributed by atoms with Crippen molar-refractivity contribution in [2.45, 2.75) is 44.9 Å². The number of benzene rings is 1. The lowest BCUT2D eigenvalue weighted by Gasteiger charge is -2.44. The Morgan fingerprint density at radius 2 is 2.12 bits per heavy atom. The number of aldehydes is 1. The lowest BCUT2D eigenvalue weighted by Crippen LogP contribution is -2.57.